The number of hydrogen-bond donors (Lipinski definition) is 0. The summed E-state index contributed by atoms with van der Waals surface area (Å²) in [4.78, 5) is 38.0. The zero-order valence-electron chi connectivity index (χ0n) is 45.8. The fourth-order valence-corrected chi connectivity index (χ4v) is 7.95. The molecule has 0 heterocycles. The van der Waals surface area contributed by atoms with Crippen LogP contribution in [-0.4, -0.2) is 37.2 Å². The lowest BCUT2D eigenvalue weighted by Gasteiger charge is -2.18. The van der Waals surface area contributed by atoms with Crippen LogP contribution >= 0.6 is 0 Å². The summed E-state index contributed by atoms with van der Waals surface area (Å²) in [6.07, 6.45) is 77.0. The van der Waals surface area contributed by atoms with E-state index in [4.69, 9.17) is 14.2 Å². The number of allylic oxidation sites excluding steroid dienone is 16. The highest BCUT2D eigenvalue weighted by Crippen LogP contribution is 2.15. The van der Waals surface area contributed by atoms with E-state index in [0.717, 1.165) is 122 Å². The molecule has 0 amide bonds. The molecular weight excluding hydrogens is 865 g/mol. The Bertz CT molecular complexity index is 1400. The van der Waals surface area contributed by atoms with Crippen LogP contribution in [0.5, 0.6) is 0 Å². The molecule has 0 aliphatic heterocycles. The normalized spacial score (nSPS) is 12.8. The van der Waals surface area contributed by atoms with Gasteiger partial charge in [0.25, 0.3) is 0 Å². The zero-order valence-corrected chi connectivity index (χ0v) is 45.8. The van der Waals surface area contributed by atoms with Gasteiger partial charge < -0.3 is 14.2 Å². The van der Waals surface area contributed by atoms with Crippen LogP contribution in [-0.2, 0) is 28.6 Å². The average Bonchev–Trinajstić information content (AvgIpc) is 3.36. The van der Waals surface area contributed by atoms with E-state index in [1.807, 2.05) is 0 Å². The van der Waals surface area contributed by atoms with E-state index in [2.05, 4.69) is 118 Å². The van der Waals surface area contributed by atoms with E-state index < -0.39 is 6.10 Å². The molecule has 1 atom stereocenters. The van der Waals surface area contributed by atoms with Crippen LogP contribution in [0.25, 0.3) is 0 Å². The molecule has 6 nitrogen and oxygen atoms in total. The SMILES string of the molecule is CC/C=C\C/C=C\C/C=C\C/C=C\C/C=C\C/C=C\C/C=C\CCCCCCCCCCCC(=O)OCC(COC(=O)CCCCCCC/C=C\CCC)OC(=O)CCCCCCCCCCCCC. The van der Waals surface area contributed by atoms with Gasteiger partial charge >= 0.3 is 17.9 Å². The van der Waals surface area contributed by atoms with Crippen molar-refractivity contribution in [2.24, 2.45) is 0 Å². The van der Waals surface area contributed by atoms with Crippen LogP contribution in [0.3, 0.4) is 0 Å². The average molecular weight is 974 g/mol. The second-order valence-corrected chi connectivity index (χ2v) is 19.2. The molecule has 70 heavy (non-hydrogen) atoms. The minimum atomic E-state index is -0.779. The van der Waals surface area contributed by atoms with Gasteiger partial charge in [-0.05, 0) is 96.3 Å². The van der Waals surface area contributed by atoms with Crippen molar-refractivity contribution in [3.63, 3.8) is 0 Å². The van der Waals surface area contributed by atoms with E-state index in [-0.39, 0.29) is 31.1 Å². The van der Waals surface area contributed by atoms with Gasteiger partial charge in [-0.3, -0.25) is 14.4 Å². The number of carbonyl (C=O) groups is 3. The summed E-state index contributed by atoms with van der Waals surface area (Å²) < 4.78 is 16.8. The molecule has 0 bridgehead atoms. The van der Waals surface area contributed by atoms with Crippen molar-refractivity contribution < 1.29 is 28.6 Å². The van der Waals surface area contributed by atoms with Crippen molar-refractivity contribution in [2.75, 3.05) is 13.2 Å². The summed E-state index contributed by atoms with van der Waals surface area (Å²) in [6.45, 7) is 6.45. The summed E-state index contributed by atoms with van der Waals surface area (Å²) in [6, 6.07) is 0. The Morgan fingerprint density at radius 3 is 0.943 bits per heavy atom. The molecular formula is C64H108O6. The first kappa shape index (κ1) is 66.3. The Hall–Kier alpha value is -3.67. The van der Waals surface area contributed by atoms with E-state index in [1.165, 1.54) is 109 Å². The fraction of sp³-hybridized carbons (Fsp3) is 0.703. The molecule has 0 aromatic carbocycles. The number of unbranched alkanes of at least 4 members (excludes halogenated alkanes) is 25. The lowest BCUT2D eigenvalue weighted by Crippen LogP contribution is -2.30. The minimum absolute atomic E-state index is 0.0813. The first-order chi connectivity index (χ1) is 34.5. The highest BCUT2D eigenvalue weighted by molar-refractivity contribution is 5.71. The molecule has 0 aromatic rings. The van der Waals surface area contributed by atoms with Crippen LogP contribution < -0.4 is 0 Å². The van der Waals surface area contributed by atoms with Gasteiger partial charge in [0.1, 0.15) is 13.2 Å². The molecule has 6 heteroatoms. The third kappa shape index (κ3) is 55.3. The molecule has 1 unspecified atom stereocenters. The van der Waals surface area contributed by atoms with Crippen molar-refractivity contribution in [2.45, 2.75) is 277 Å². The van der Waals surface area contributed by atoms with E-state index in [9.17, 15) is 14.4 Å². The van der Waals surface area contributed by atoms with Crippen LogP contribution in [0.1, 0.15) is 271 Å². The highest BCUT2D eigenvalue weighted by Gasteiger charge is 2.19. The smallest absolute Gasteiger partial charge is 0.306 e. The van der Waals surface area contributed by atoms with E-state index >= 15 is 0 Å². The Morgan fingerprint density at radius 1 is 0.300 bits per heavy atom. The number of rotatable bonds is 52. The van der Waals surface area contributed by atoms with Crippen molar-refractivity contribution in [3.8, 4) is 0 Å². The van der Waals surface area contributed by atoms with Gasteiger partial charge in [0.2, 0.25) is 0 Å². The number of carbonyl (C=O) groups excluding carboxylic acids is 3. The third-order valence-corrected chi connectivity index (χ3v) is 12.3. The van der Waals surface area contributed by atoms with E-state index in [0.29, 0.717) is 19.3 Å². The van der Waals surface area contributed by atoms with Crippen LogP contribution in [0.4, 0.5) is 0 Å². The molecule has 0 N–H and O–H groups in total. The van der Waals surface area contributed by atoms with Crippen molar-refractivity contribution in [1.82, 2.24) is 0 Å². The lowest BCUT2D eigenvalue weighted by atomic mass is 10.1. The maximum absolute atomic E-state index is 12.8. The van der Waals surface area contributed by atoms with Gasteiger partial charge in [0.05, 0.1) is 0 Å². The second kappa shape index (κ2) is 57.9. The molecule has 0 fully saturated rings. The van der Waals surface area contributed by atoms with Gasteiger partial charge in [-0.1, -0.05) is 253 Å². The molecule has 0 saturated carbocycles. The number of hydrogen-bond acceptors (Lipinski definition) is 6. The topological polar surface area (TPSA) is 78.9 Å². The lowest BCUT2D eigenvalue weighted by molar-refractivity contribution is -0.167. The summed E-state index contributed by atoms with van der Waals surface area (Å²) in [5, 5.41) is 0. The Kier molecular flexibility index (Phi) is 54.9. The Morgan fingerprint density at radius 2 is 0.586 bits per heavy atom. The maximum atomic E-state index is 12.8. The van der Waals surface area contributed by atoms with Gasteiger partial charge in [-0.15, -0.1) is 0 Å². The molecule has 0 radical (unpaired) electrons. The van der Waals surface area contributed by atoms with E-state index in [1.54, 1.807) is 0 Å². The first-order valence-corrected chi connectivity index (χ1v) is 29.2. The fourth-order valence-electron chi connectivity index (χ4n) is 7.95. The van der Waals surface area contributed by atoms with Crippen molar-refractivity contribution >= 4 is 17.9 Å². The predicted octanol–water partition coefficient (Wildman–Crippen LogP) is 19.7. The standard InChI is InChI=1S/C64H108O6/c1-4-7-10-13-16-19-22-23-24-25-26-27-28-29-30-31-32-33-34-35-36-37-38-39-40-41-43-45-48-51-54-57-63(66)69-60-61(59-68-62(65)56-53-50-47-44-21-18-15-12-9-6-3)70-64(67)58-55-52-49-46-42-20-17-14-11-8-5-2/h7,10,12,15-16,19,23-24,26-27,29-30,32-33,35-36,61H,4-6,8-9,11,13-14,17-18,20-22,25,28,31,34,37-60H2,1-3H3/b10-7-,15-12-,19-16-,24-23-,27-26-,30-29-,33-32-,36-35-. The predicted molar refractivity (Wildman–Crippen MR) is 302 cm³/mol. The summed E-state index contributed by atoms with van der Waals surface area (Å²) in [7, 11) is 0. The molecule has 0 spiro atoms. The third-order valence-electron chi connectivity index (χ3n) is 12.3. The Labute approximate surface area is 432 Å². The van der Waals surface area contributed by atoms with Crippen molar-refractivity contribution in [3.05, 3.63) is 97.2 Å². The highest BCUT2D eigenvalue weighted by atomic mass is 16.6. The van der Waals surface area contributed by atoms with Crippen LogP contribution in [0, 0.1) is 0 Å². The molecule has 400 valence electrons. The molecule has 0 rings (SSSR count). The van der Waals surface area contributed by atoms with Gasteiger partial charge in [0, 0.05) is 19.3 Å². The second-order valence-electron chi connectivity index (χ2n) is 19.2. The molecule has 0 aliphatic carbocycles. The zero-order chi connectivity index (χ0) is 50.7. The number of esters is 3. The van der Waals surface area contributed by atoms with Crippen LogP contribution in [0.15, 0.2) is 97.2 Å². The summed E-state index contributed by atoms with van der Waals surface area (Å²) in [5.41, 5.74) is 0. The molecule has 0 aromatic heterocycles. The molecule has 0 saturated heterocycles. The van der Waals surface area contributed by atoms with Gasteiger partial charge in [-0.2, -0.15) is 0 Å². The monoisotopic (exact) mass is 973 g/mol. The maximum Gasteiger partial charge on any atom is 0.306 e. The Balaban J connectivity index is 4.16. The first-order valence-electron chi connectivity index (χ1n) is 29.2. The largest absolute Gasteiger partial charge is 0.462 e. The summed E-state index contributed by atoms with van der Waals surface area (Å²) >= 11 is 0. The van der Waals surface area contributed by atoms with Gasteiger partial charge in [-0.25, -0.2) is 0 Å². The summed E-state index contributed by atoms with van der Waals surface area (Å²) in [5.74, 6) is -0.895. The van der Waals surface area contributed by atoms with Crippen molar-refractivity contribution in [1.29, 1.82) is 0 Å². The number of ether oxygens (including phenoxy) is 3. The quantitative estimate of drug-likeness (QED) is 0.0262. The minimum Gasteiger partial charge on any atom is -0.462 e. The van der Waals surface area contributed by atoms with Crippen LogP contribution in [0.2, 0.25) is 0 Å². The molecule has 0 aliphatic rings. The van der Waals surface area contributed by atoms with Gasteiger partial charge in [0.15, 0.2) is 6.10 Å².